The molecule has 1 rings (SSSR count). The number of ether oxygens (including phenoxy) is 1. The lowest BCUT2D eigenvalue weighted by Crippen LogP contribution is -2.40. The molecular weight excluding hydrogens is 158 g/mol. The van der Waals surface area contributed by atoms with Gasteiger partial charge in [-0.25, -0.2) is 0 Å². The van der Waals surface area contributed by atoms with Gasteiger partial charge in [-0.1, -0.05) is 0 Å². The van der Waals surface area contributed by atoms with Gasteiger partial charge in [-0.2, -0.15) is 0 Å². The summed E-state index contributed by atoms with van der Waals surface area (Å²) in [6.07, 6.45) is 0.991. The van der Waals surface area contributed by atoms with Gasteiger partial charge in [0.15, 0.2) is 0 Å². The number of amides is 1. The van der Waals surface area contributed by atoms with Crippen LogP contribution in [-0.4, -0.2) is 43.4 Å². The van der Waals surface area contributed by atoms with E-state index in [1.165, 1.54) is 7.11 Å². The minimum atomic E-state index is -0.0231. The molecule has 0 radical (unpaired) electrons. The first-order chi connectivity index (χ1) is 5.74. The second-order valence-electron chi connectivity index (χ2n) is 2.85. The third kappa shape index (κ3) is 2.30. The Hall–Kier alpha value is -0.900. The Morgan fingerprint density at radius 1 is 1.50 bits per heavy atom. The summed E-state index contributed by atoms with van der Waals surface area (Å²) in [6.45, 7) is 1.23. The third-order valence-corrected chi connectivity index (χ3v) is 1.94. The lowest BCUT2D eigenvalue weighted by atomic mass is 10.1. The molecule has 0 spiro atoms. The van der Waals surface area contributed by atoms with Crippen LogP contribution < -0.4 is 0 Å². The van der Waals surface area contributed by atoms with E-state index in [1.54, 1.807) is 4.90 Å². The summed E-state index contributed by atoms with van der Waals surface area (Å²) in [5.41, 5.74) is 0. The van der Waals surface area contributed by atoms with Crippen molar-refractivity contribution in [3.05, 3.63) is 0 Å². The van der Waals surface area contributed by atoms with Gasteiger partial charge < -0.3 is 9.64 Å². The van der Waals surface area contributed by atoms with Gasteiger partial charge in [0.05, 0.1) is 0 Å². The summed E-state index contributed by atoms with van der Waals surface area (Å²) >= 11 is 0. The van der Waals surface area contributed by atoms with Gasteiger partial charge in [0.1, 0.15) is 12.4 Å². The summed E-state index contributed by atoms with van der Waals surface area (Å²) in [6, 6.07) is 0. The van der Waals surface area contributed by atoms with Crippen molar-refractivity contribution in [2.75, 3.05) is 26.8 Å². The Morgan fingerprint density at radius 2 is 2.08 bits per heavy atom. The molecule has 0 aromatic rings. The smallest absolute Gasteiger partial charge is 0.248 e. The highest BCUT2D eigenvalue weighted by Gasteiger charge is 2.19. The van der Waals surface area contributed by atoms with Crippen LogP contribution in [0.2, 0.25) is 0 Å². The van der Waals surface area contributed by atoms with Crippen molar-refractivity contribution in [2.45, 2.75) is 12.8 Å². The molecule has 0 bridgehead atoms. The van der Waals surface area contributed by atoms with E-state index >= 15 is 0 Å². The fraction of sp³-hybridized carbons (Fsp3) is 0.750. The molecule has 0 N–H and O–H groups in total. The summed E-state index contributed by atoms with van der Waals surface area (Å²) in [5, 5.41) is 0. The second kappa shape index (κ2) is 4.21. The number of piperidine rings is 1. The monoisotopic (exact) mass is 171 g/mol. The number of likely N-dealkylation sites (tertiary alicyclic amines) is 1. The molecule has 0 saturated carbocycles. The zero-order chi connectivity index (χ0) is 8.97. The highest BCUT2D eigenvalue weighted by Crippen LogP contribution is 2.05. The van der Waals surface area contributed by atoms with Crippen LogP contribution in [0.5, 0.6) is 0 Å². The van der Waals surface area contributed by atoms with Crippen LogP contribution in [0.4, 0.5) is 0 Å². The molecule has 0 atom stereocenters. The maximum Gasteiger partial charge on any atom is 0.248 e. The largest absolute Gasteiger partial charge is 0.375 e. The summed E-state index contributed by atoms with van der Waals surface area (Å²) in [5.74, 6) is 0.224. The van der Waals surface area contributed by atoms with E-state index in [1.807, 2.05) is 0 Å². The fourth-order valence-corrected chi connectivity index (χ4v) is 1.22. The summed E-state index contributed by atoms with van der Waals surface area (Å²) in [4.78, 5) is 23.7. The molecular formula is C8H13NO3. The highest BCUT2D eigenvalue weighted by molar-refractivity contribution is 5.83. The quantitative estimate of drug-likeness (QED) is 0.579. The molecule has 0 aliphatic carbocycles. The maximum absolute atomic E-state index is 11.2. The van der Waals surface area contributed by atoms with E-state index < -0.39 is 0 Å². The molecule has 12 heavy (non-hydrogen) atoms. The molecule has 1 fully saturated rings. The molecule has 68 valence electrons. The van der Waals surface area contributed by atoms with E-state index in [9.17, 15) is 9.59 Å². The normalized spacial score (nSPS) is 18.1. The topological polar surface area (TPSA) is 46.6 Å². The number of ketones is 1. The first-order valence-corrected chi connectivity index (χ1v) is 4.02. The number of Topliss-reactive ketones (excluding diaryl/α,β-unsaturated/α-hetero) is 1. The first-order valence-electron chi connectivity index (χ1n) is 4.02. The number of carbonyl (C=O) groups excluding carboxylic acids is 2. The van der Waals surface area contributed by atoms with Crippen LogP contribution in [0, 0.1) is 0 Å². The number of hydrogen-bond donors (Lipinski definition) is 0. The van der Waals surface area contributed by atoms with Crippen molar-refractivity contribution in [3.63, 3.8) is 0 Å². The number of hydrogen-bond acceptors (Lipinski definition) is 3. The zero-order valence-electron chi connectivity index (χ0n) is 7.21. The lowest BCUT2D eigenvalue weighted by molar-refractivity contribution is -0.137. The molecule has 1 aliphatic heterocycles. The van der Waals surface area contributed by atoms with Crippen molar-refractivity contribution in [3.8, 4) is 0 Å². The molecule has 1 saturated heterocycles. The Bertz CT molecular complexity index is 181. The fourth-order valence-electron chi connectivity index (χ4n) is 1.22. The Kier molecular flexibility index (Phi) is 3.22. The number of carbonyl (C=O) groups is 2. The minimum absolute atomic E-state index is 0.0231. The molecule has 0 aromatic carbocycles. The molecule has 1 heterocycles. The van der Waals surface area contributed by atoms with Gasteiger partial charge in [0.25, 0.3) is 0 Å². The van der Waals surface area contributed by atoms with Crippen molar-refractivity contribution in [1.29, 1.82) is 0 Å². The number of nitrogens with zero attached hydrogens (tertiary/aromatic N) is 1. The molecule has 1 aliphatic rings. The van der Waals surface area contributed by atoms with Gasteiger partial charge >= 0.3 is 0 Å². The first kappa shape index (κ1) is 9.19. The molecule has 4 heteroatoms. The van der Waals surface area contributed by atoms with Gasteiger partial charge in [-0.3, -0.25) is 9.59 Å². The van der Waals surface area contributed by atoms with Crippen LogP contribution >= 0.6 is 0 Å². The highest BCUT2D eigenvalue weighted by atomic mass is 16.5. The van der Waals surface area contributed by atoms with Crippen molar-refractivity contribution < 1.29 is 14.3 Å². The van der Waals surface area contributed by atoms with Gasteiger partial charge in [0.2, 0.25) is 5.91 Å². The third-order valence-electron chi connectivity index (χ3n) is 1.94. The van der Waals surface area contributed by atoms with Crippen LogP contribution in [0.25, 0.3) is 0 Å². The van der Waals surface area contributed by atoms with Gasteiger partial charge in [0, 0.05) is 33.0 Å². The van der Waals surface area contributed by atoms with Crippen LogP contribution in [0.1, 0.15) is 12.8 Å². The lowest BCUT2D eigenvalue weighted by Gasteiger charge is -2.25. The number of methoxy groups -OCH3 is 1. The Labute approximate surface area is 71.5 Å². The van der Waals surface area contributed by atoms with E-state index in [2.05, 4.69) is 0 Å². The average Bonchev–Trinajstić information content (AvgIpc) is 2.06. The van der Waals surface area contributed by atoms with Crippen LogP contribution in [0.3, 0.4) is 0 Å². The summed E-state index contributed by atoms with van der Waals surface area (Å²) in [7, 11) is 1.49. The van der Waals surface area contributed by atoms with E-state index in [-0.39, 0.29) is 18.3 Å². The van der Waals surface area contributed by atoms with Crippen molar-refractivity contribution in [2.24, 2.45) is 0 Å². The van der Waals surface area contributed by atoms with Crippen LogP contribution in [0.15, 0.2) is 0 Å². The van der Waals surface area contributed by atoms with E-state index in [0.717, 1.165) is 0 Å². The van der Waals surface area contributed by atoms with Gasteiger partial charge in [-0.05, 0) is 0 Å². The molecule has 1 amide bonds. The van der Waals surface area contributed by atoms with Gasteiger partial charge in [-0.15, -0.1) is 0 Å². The predicted molar refractivity (Wildman–Crippen MR) is 42.7 cm³/mol. The Morgan fingerprint density at radius 3 is 2.58 bits per heavy atom. The van der Waals surface area contributed by atoms with E-state index in [0.29, 0.717) is 25.9 Å². The average molecular weight is 171 g/mol. The minimum Gasteiger partial charge on any atom is -0.375 e. The van der Waals surface area contributed by atoms with Crippen molar-refractivity contribution in [1.82, 2.24) is 4.90 Å². The SMILES string of the molecule is COCC(=O)N1CCC(=O)CC1. The standard InChI is InChI=1S/C8H13NO3/c1-12-6-8(11)9-4-2-7(10)3-5-9/h2-6H2,1H3. The molecule has 0 unspecified atom stereocenters. The van der Waals surface area contributed by atoms with E-state index in [4.69, 9.17) is 4.74 Å². The zero-order valence-corrected chi connectivity index (χ0v) is 7.21. The van der Waals surface area contributed by atoms with Crippen LogP contribution in [-0.2, 0) is 14.3 Å². The predicted octanol–water partition coefficient (Wildman–Crippen LogP) is -0.176. The van der Waals surface area contributed by atoms with Crippen molar-refractivity contribution >= 4 is 11.7 Å². The maximum atomic E-state index is 11.2. The Balaban J connectivity index is 2.33. The molecule has 0 aromatic heterocycles. The summed E-state index contributed by atoms with van der Waals surface area (Å²) < 4.78 is 4.71. The molecule has 4 nitrogen and oxygen atoms in total. The number of rotatable bonds is 2. The second-order valence-corrected chi connectivity index (χ2v) is 2.85.